The monoisotopic (exact) mass is 437 g/mol. The first-order chi connectivity index (χ1) is 14.7. The quantitative estimate of drug-likeness (QED) is 0.569. The van der Waals surface area contributed by atoms with Crippen molar-refractivity contribution in [3.05, 3.63) is 52.1 Å². The Hall–Kier alpha value is -3.50. The SMILES string of the molecule is O=C(Nc1ccc2c(c1)OCO2)C1CCN(c2ccc(C(F)(F)F)cc2[N+](=O)[O-])CC1. The third kappa shape index (κ3) is 4.35. The largest absolute Gasteiger partial charge is 0.454 e. The van der Waals surface area contributed by atoms with Gasteiger partial charge in [-0.2, -0.15) is 13.2 Å². The number of carbonyl (C=O) groups excluding carboxylic acids is 1. The van der Waals surface area contributed by atoms with E-state index in [2.05, 4.69) is 5.32 Å². The highest BCUT2D eigenvalue weighted by Gasteiger charge is 2.35. The summed E-state index contributed by atoms with van der Waals surface area (Å²) in [7, 11) is 0. The first-order valence-corrected chi connectivity index (χ1v) is 9.53. The number of ether oxygens (including phenoxy) is 2. The molecular formula is C20H18F3N3O5. The summed E-state index contributed by atoms with van der Waals surface area (Å²) < 4.78 is 49.2. The Labute approximate surface area is 174 Å². The van der Waals surface area contributed by atoms with Gasteiger partial charge in [-0.25, -0.2) is 0 Å². The molecule has 0 aromatic heterocycles. The number of rotatable bonds is 4. The molecule has 1 N–H and O–H groups in total. The van der Waals surface area contributed by atoms with Crippen LogP contribution in [-0.2, 0) is 11.0 Å². The van der Waals surface area contributed by atoms with Crippen LogP contribution in [0.25, 0.3) is 0 Å². The summed E-state index contributed by atoms with van der Waals surface area (Å²) in [6, 6.07) is 7.57. The van der Waals surface area contributed by atoms with Crippen molar-refractivity contribution in [1.29, 1.82) is 0 Å². The van der Waals surface area contributed by atoms with Crippen LogP contribution in [0.5, 0.6) is 11.5 Å². The van der Waals surface area contributed by atoms with Crippen LogP contribution < -0.4 is 19.7 Å². The number of nitro benzene ring substituents is 1. The van der Waals surface area contributed by atoms with Crippen LogP contribution in [0.3, 0.4) is 0 Å². The molecule has 11 heteroatoms. The van der Waals surface area contributed by atoms with Crippen molar-refractivity contribution in [3.8, 4) is 11.5 Å². The zero-order chi connectivity index (χ0) is 22.2. The Balaban J connectivity index is 1.41. The molecule has 0 atom stereocenters. The molecule has 2 aliphatic heterocycles. The Morgan fingerprint density at radius 2 is 1.81 bits per heavy atom. The summed E-state index contributed by atoms with van der Waals surface area (Å²) in [5, 5.41) is 14.2. The van der Waals surface area contributed by atoms with E-state index in [9.17, 15) is 28.1 Å². The van der Waals surface area contributed by atoms with Crippen molar-refractivity contribution < 1.29 is 32.4 Å². The second-order valence-electron chi connectivity index (χ2n) is 7.28. The highest BCUT2D eigenvalue weighted by atomic mass is 19.4. The van der Waals surface area contributed by atoms with Crippen molar-refractivity contribution in [2.75, 3.05) is 30.1 Å². The van der Waals surface area contributed by atoms with Gasteiger partial charge in [0.1, 0.15) is 5.69 Å². The van der Waals surface area contributed by atoms with Crippen molar-refractivity contribution in [2.24, 2.45) is 5.92 Å². The van der Waals surface area contributed by atoms with Gasteiger partial charge in [0.15, 0.2) is 11.5 Å². The maximum absolute atomic E-state index is 12.9. The highest BCUT2D eigenvalue weighted by molar-refractivity contribution is 5.93. The molecule has 2 aromatic carbocycles. The molecule has 8 nitrogen and oxygen atoms in total. The Morgan fingerprint density at radius 1 is 1.10 bits per heavy atom. The fourth-order valence-electron chi connectivity index (χ4n) is 3.71. The smallest absolute Gasteiger partial charge is 0.416 e. The predicted molar refractivity (Wildman–Crippen MR) is 104 cm³/mol. The molecule has 164 valence electrons. The van der Waals surface area contributed by atoms with E-state index in [1.807, 2.05) is 0 Å². The molecule has 0 radical (unpaired) electrons. The molecule has 2 heterocycles. The zero-order valence-electron chi connectivity index (χ0n) is 16.1. The molecule has 2 aromatic rings. The Morgan fingerprint density at radius 3 is 2.48 bits per heavy atom. The van der Waals surface area contributed by atoms with E-state index in [1.165, 1.54) is 0 Å². The summed E-state index contributed by atoms with van der Waals surface area (Å²) in [6.07, 6.45) is -3.84. The van der Waals surface area contributed by atoms with Gasteiger partial charge in [-0.3, -0.25) is 14.9 Å². The molecule has 2 aliphatic rings. The van der Waals surface area contributed by atoms with Crippen LogP contribution in [0.4, 0.5) is 30.2 Å². The van der Waals surface area contributed by atoms with Gasteiger partial charge in [0.2, 0.25) is 12.7 Å². The van der Waals surface area contributed by atoms with Crippen LogP contribution in [-0.4, -0.2) is 30.7 Å². The molecule has 0 spiro atoms. The summed E-state index contributed by atoms with van der Waals surface area (Å²) >= 11 is 0. The van der Waals surface area contributed by atoms with E-state index in [0.717, 1.165) is 12.1 Å². The number of benzene rings is 2. The van der Waals surface area contributed by atoms with Crippen molar-refractivity contribution in [3.63, 3.8) is 0 Å². The third-order valence-corrected chi connectivity index (χ3v) is 5.35. The summed E-state index contributed by atoms with van der Waals surface area (Å²) in [5.74, 6) is 0.627. The number of amides is 1. The Bertz CT molecular complexity index is 1020. The normalized spacial score (nSPS) is 16.3. The molecule has 4 rings (SSSR count). The van der Waals surface area contributed by atoms with Crippen LogP contribution in [0, 0.1) is 16.0 Å². The van der Waals surface area contributed by atoms with E-state index in [-0.39, 0.29) is 24.3 Å². The molecule has 0 bridgehead atoms. The minimum absolute atomic E-state index is 0.118. The summed E-state index contributed by atoms with van der Waals surface area (Å²) in [4.78, 5) is 24.8. The number of anilines is 2. The predicted octanol–water partition coefficient (Wildman–Crippen LogP) is 4.20. The van der Waals surface area contributed by atoms with E-state index in [4.69, 9.17) is 9.47 Å². The lowest BCUT2D eigenvalue weighted by Gasteiger charge is -2.32. The molecule has 0 aliphatic carbocycles. The number of halogens is 3. The lowest BCUT2D eigenvalue weighted by molar-refractivity contribution is -0.384. The Kier molecular flexibility index (Phi) is 5.34. The topological polar surface area (TPSA) is 93.9 Å². The number of fused-ring (bicyclic) bond motifs is 1. The van der Waals surface area contributed by atoms with Gasteiger partial charge in [0.25, 0.3) is 5.69 Å². The molecule has 1 saturated heterocycles. The molecule has 1 amide bonds. The first-order valence-electron chi connectivity index (χ1n) is 9.53. The van der Waals surface area contributed by atoms with Gasteiger partial charge in [-0.1, -0.05) is 0 Å². The standard InChI is InChI=1S/C20H18F3N3O5/c21-20(22,23)13-1-3-15(16(9-13)26(28)29)25-7-5-12(6-8-25)19(27)24-14-2-4-17-18(10-14)31-11-30-17/h1-4,9-10,12H,5-8,11H2,(H,24,27). The van der Waals surface area contributed by atoms with E-state index < -0.39 is 22.4 Å². The number of piperidine rings is 1. The van der Waals surface area contributed by atoms with Gasteiger partial charge in [-0.15, -0.1) is 0 Å². The van der Waals surface area contributed by atoms with E-state index in [1.54, 1.807) is 23.1 Å². The molecule has 0 saturated carbocycles. The molecule has 0 unspecified atom stereocenters. The van der Waals surface area contributed by atoms with Crippen LogP contribution >= 0.6 is 0 Å². The van der Waals surface area contributed by atoms with Gasteiger partial charge in [0.05, 0.1) is 10.5 Å². The lowest BCUT2D eigenvalue weighted by Crippen LogP contribution is -2.38. The van der Waals surface area contributed by atoms with Gasteiger partial charge >= 0.3 is 6.18 Å². The number of nitrogens with zero attached hydrogens (tertiary/aromatic N) is 2. The van der Waals surface area contributed by atoms with Gasteiger partial charge in [0, 0.05) is 36.8 Å². The molecule has 1 fully saturated rings. The third-order valence-electron chi connectivity index (χ3n) is 5.35. The fourth-order valence-corrected chi connectivity index (χ4v) is 3.71. The number of nitrogens with one attached hydrogen (secondary N) is 1. The van der Waals surface area contributed by atoms with Crippen molar-refractivity contribution >= 4 is 23.0 Å². The van der Waals surface area contributed by atoms with Crippen LogP contribution in [0.1, 0.15) is 18.4 Å². The van der Waals surface area contributed by atoms with Crippen molar-refractivity contribution in [1.82, 2.24) is 0 Å². The van der Waals surface area contributed by atoms with Crippen molar-refractivity contribution in [2.45, 2.75) is 19.0 Å². The van der Waals surface area contributed by atoms with Crippen LogP contribution in [0.2, 0.25) is 0 Å². The lowest BCUT2D eigenvalue weighted by atomic mass is 9.95. The first kappa shape index (κ1) is 20.8. The minimum atomic E-state index is -4.66. The number of hydrogen-bond acceptors (Lipinski definition) is 6. The number of hydrogen-bond donors (Lipinski definition) is 1. The summed E-state index contributed by atoms with van der Waals surface area (Å²) in [6.45, 7) is 0.748. The van der Waals surface area contributed by atoms with E-state index >= 15 is 0 Å². The summed E-state index contributed by atoms with van der Waals surface area (Å²) in [5.41, 5.74) is -0.985. The fraction of sp³-hybridized carbons (Fsp3) is 0.350. The maximum atomic E-state index is 12.9. The number of nitro groups is 1. The number of alkyl halides is 3. The average Bonchev–Trinajstić information content (AvgIpc) is 3.20. The molecular weight excluding hydrogens is 419 g/mol. The number of carbonyl (C=O) groups is 1. The molecule has 31 heavy (non-hydrogen) atoms. The second kappa shape index (κ2) is 7.97. The zero-order valence-corrected chi connectivity index (χ0v) is 16.1. The average molecular weight is 437 g/mol. The van der Waals surface area contributed by atoms with Gasteiger partial charge < -0.3 is 19.7 Å². The minimum Gasteiger partial charge on any atom is -0.454 e. The van der Waals surface area contributed by atoms with E-state index in [0.29, 0.717) is 49.2 Å². The second-order valence-corrected chi connectivity index (χ2v) is 7.28. The van der Waals surface area contributed by atoms with Gasteiger partial charge in [-0.05, 0) is 37.1 Å². The maximum Gasteiger partial charge on any atom is 0.416 e. The van der Waals surface area contributed by atoms with Crippen LogP contribution in [0.15, 0.2) is 36.4 Å². The highest BCUT2D eigenvalue weighted by Crippen LogP contribution is 2.38.